The second-order valence-corrected chi connectivity index (χ2v) is 4.78. The van der Waals surface area contributed by atoms with Crippen LogP contribution < -0.4 is 4.90 Å². The highest BCUT2D eigenvalue weighted by Gasteiger charge is 2.30. The Morgan fingerprint density at radius 3 is 2.82 bits per heavy atom. The van der Waals surface area contributed by atoms with Crippen molar-refractivity contribution in [1.29, 1.82) is 5.26 Å². The molecule has 3 nitrogen and oxygen atoms in total. The summed E-state index contributed by atoms with van der Waals surface area (Å²) in [6, 6.07) is 6.96. The molecule has 0 N–H and O–H groups in total. The molecule has 1 atom stereocenters. The van der Waals surface area contributed by atoms with Crippen LogP contribution in [0.5, 0.6) is 0 Å². The number of hydrogen-bond donors (Lipinski definition) is 0. The average Bonchev–Trinajstić information content (AvgIpc) is 2.69. The zero-order chi connectivity index (χ0) is 12.4. The van der Waals surface area contributed by atoms with Gasteiger partial charge in [0, 0.05) is 29.6 Å². The third-order valence-electron chi connectivity index (χ3n) is 2.75. The Labute approximate surface area is 110 Å². The quantitative estimate of drug-likeness (QED) is 0.775. The molecule has 88 valence electrons. The number of halogens is 2. The molecule has 0 aromatic heterocycles. The van der Waals surface area contributed by atoms with Crippen molar-refractivity contribution in [3.05, 3.63) is 28.8 Å². The number of rotatable bonds is 2. The molecule has 0 aliphatic carbocycles. The van der Waals surface area contributed by atoms with E-state index in [1.165, 1.54) is 0 Å². The van der Waals surface area contributed by atoms with Gasteiger partial charge >= 0.3 is 0 Å². The molecule has 1 amide bonds. The lowest BCUT2D eigenvalue weighted by Gasteiger charge is -2.17. The molecule has 0 saturated carbocycles. The first-order chi connectivity index (χ1) is 8.13. The summed E-state index contributed by atoms with van der Waals surface area (Å²) in [6.45, 7) is 0.591. The first-order valence-corrected chi connectivity index (χ1v) is 6.12. The van der Waals surface area contributed by atoms with Crippen LogP contribution in [-0.4, -0.2) is 18.3 Å². The number of benzene rings is 1. The Hall–Kier alpha value is -1.24. The Balaban J connectivity index is 2.32. The molecule has 0 spiro atoms. The predicted octanol–water partition coefficient (Wildman–Crippen LogP) is 2.80. The number of amides is 1. The molecule has 1 aromatic rings. The van der Waals surface area contributed by atoms with Crippen LogP contribution >= 0.6 is 23.2 Å². The Morgan fingerprint density at radius 2 is 2.24 bits per heavy atom. The number of anilines is 1. The minimum Gasteiger partial charge on any atom is -0.312 e. The van der Waals surface area contributed by atoms with E-state index in [-0.39, 0.29) is 11.8 Å². The molecular formula is C12H10Cl2N2O. The van der Waals surface area contributed by atoms with Crippen molar-refractivity contribution in [1.82, 2.24) is 0 Å². The van der Waals surface area contributed by atoms with Gasteiger partial charge in [-0.2, -0.15) is 5.26 Å². The fourth-order valence-corrected chi connectivity index (χ4v) is 2.37. The number of nitriles is 1. The smallest absolute Gasteiger partial charge is 0.227 e. The van der Waals surface area contributed by atoms with Crippen molar-refractivity contribution < 1.29 is 4.79 Å². The summed E-state index contributed by atoms with van der Waals surface area (Å²) in [6.07, 6.45) is 0.456. The van der Waals surface area contributed by atoms with Gasteiger partial charge in [-0.1, -0.05) is 11.6 Å². The number of hydrogen-bond acceptors (Lipinski definition) is 2. The molecular weight excluding hydrogens is 259 g/mol. The van der Waals surface area contributed by atoms with E-state index in [1.54, 1.807) is 23.1 Å². The standard InChI is InChI=1S/C12H10Cl2N2O/c13-5-9-3-12(17)16(7-9)11-2-8(6-15)1-10(14)4-11/h1-2,4,9H,3,5,7H2. The van der Waals surface area contributed by atoms with Crippen molar-refractivity contribution >= 4 is 34.8 Å². The summed E-state index contributed by atoms with van der Waals surface area (Å²) in [5, 5.41) is 9.32. The van der Waals surface area contributed by atoms with Crippen LogP contribution in [0.15, 0.2) is 18.2 Å². The minimum atomic E-state index is 0.0295. The molecule has 2 rings (SSSR count). The summed E-state index contributed by atoms with van der Waals surface area (Å²) in [4.78, 5) is 13.4. The van der Waals surface area contributed by atoms with E-state index in [2.05, 4.69) is 0 Å². The van der Waals surface area contributed by atoms with E-state index in [9.17, 15) is 4.79 Å². The fraction of sp³-hybridized carbons (Fsp3) is 0.333. The van der Waals surface area contributed by atoms with Gasteiger partial charge in [-0.25, -0.2) is 0 Å². The maximum atomic E-state index is 11.8. The van der Waals surface area contributed by atoms with E-state index < -0.39 is 0 Å². The zero-order valence-corrected chi connectivity index (χ0v) is 10.5. The Bertz CT molecular complexity index is 496. The van der Waals surface area contributed by atoms with Crippen molar-refractivity contribution in [2.45, 2.75) is 6.42 Å². The fourth-order valence-electron chi connectivity index (χ4n) is 1.93. The highest BCUT2D eigenvalue weighted by molar-refractivity contribution is 6.31. The topological polar surface area (TPSA) is 44.1 Å². The summed E-state index contributed by atoms with van der Waals surface area (Å²) < 4.78 is 0. The SMILES string of the molecule is N#Cc1cc(Cl)cc(N2CC(CCl)CC2=O)c1. The van der Waals surface area contributed by atoms with E-state index in [0.717, 1.165) is 0 Å². The maximum Gasteiger partial charge on any atom is 0.227 e. The van der Waals surface area contributed by atoms with Crippen LogP contribution in [0.25, 0.3) is 0 Å². The summed E-state index contributed by atoms with van der Waals surface area (Å²) in [5.41, 5.74) is 1.13. The Kier molecular flexibility index (Phi) is 3.56. The van der Waals surface area contributed by atoms with Crippen LogP contribution in [0.3, 0.4) is 0 Å². The minimum absolute atomic E-state index is 0.0295. The van der Waals surface area contributed by atoms with Gasteiger partial charge in [-0.3, -0.25) is 4.79 Å². The highest BCUT2D eigenvalue weighted by Crippen LogP contribution is 2.28. The van der Waals surface area contributed by atoms with Crippen molar-refractivity contribution in [2.75, 3.05) is 17.3 Å². The first kappa shape index (κ1) is 12.2. The molecule has 1 heterocycles. The number of carbonyl (C=O) groups is 1. The number of nitrogens with zero attached hydrogens (tertiary/aromatic N) is 2. The van der Waals surface area contributed by atoms with Crippen molar-refractivity contribution in [3.8, 4) is 6.07 Å². The van der Waals surface area contributed by atoms with Crippen LogP contribution in [0.1, 0.15) is 12.0 Å². The summed E-state index contributed by atoms with van der Waals surface area (Å²) in [7, 11) is 0. The number of alkyl halides is 1. The van der Waals surface area contributed by atoms with Crippen LogP contribution in [-0.2, 0) is 4.79 Å². The van der Waals surface area contributed by atoms with Crippen molar-refractivity contribution in [2.24, 2.45) is 5.92 Å². The van der Waals surface area contributed by atoms with Gasteiger partial charge in [0.2, 0.25) is 5.91 Å². The zero-order valence-electron chi connectivity index (χ0n) is 8.99. The molecule has 1 fully saturated rings. The molecule has 17 heavy (non-hydrogen) atoms. The molecule has 5 heteroatoms. The van der Waals surface area contributed by atoms with Gasteiger partial charge in [0.25, 0.3) is 0 Å². The second-order valence-electron chi connectivity index (χ2n) is 4.04. The molecule has 1 saturated heterocycles. The van der Waals surface area contributed by atoms with Crippen molar-refractivity contribution in [3.63, 3.8) is 0 Å². The monoisotopic (exact) mass is 268 g/mol. The lowest BCUT2D eigenvalue weighted by Crippen LogP contribution is -2.24. The lowest BCUT2D eigenvalue weighted by atomic mass is 10.1. The van der Waals surface area contributed by atoms with Gasteiger partial charge in [-0.05, 0) is 24.1 Å². The second kappa shape index (κ2) is 4.95. The summed E-state index contributed by atoms with van der Waals surface area (Å²) >= 11 is 11.7. The van der Waals surface area contributed by atoms with Crippen LogP contribution in [0.4, 0.5) is 5.69 Å². The van der Waals surface area contributed by atoms with E-state index in [0.29, 0.717) is 35.1 Å². The van der Waals surface area contributed by atoms with Gasteiger partial charge in [-0.15, -0.1) is 11.6 Å². The molecule has 0 bridgehead atoms. The molecule has 1 aliphatic heterocycles. The van der Waals surface area contributed by atoms with Crippen LogP contribution in [0, 0.1) is 17.2 Å². The third-order valence-corrected chi connectivity index (χ3v) is 3.40. The van der Waals surface area contributed by atoms with E-state index in [4.69, 9.17) is 28.5 Å². The number of carbonyl (C=O) groups excluding carboxylic acids is 1. The molecule has 0 radical (unpaired) electrons. The van der Waals surface area contributed by atoms with Crippen LogP contribution in [0.2, 0.25) is 5.02 Å². The largest absolute Gasteiger partial charge is 0.312 e. The lowest BCUT2D eigenvalue weighted by molar-refractivity contribution is -0.117. The summed E-state index contributed by atoms with van der Waals surface area (Å²) in [5.74, 6) is 0.670. The molecule has 1 aromatic carbocycles. The van der Waals surface area contributed by atoms with Gasteiger partial charge in [0.1, 0.15) is 0 Å². The van der Waals surface area contributed by atoms with Gasteiger partial charge < -0.3 is 4.90 Å². The molecule has 1 aliphatic rings. The highest BCUT2D eigenvalue weighted by atomic mass is 35.5. The van der Waals surface area contributed by atoms with E-state index >= 15 is 0 Å². The third kappa shape index (κ3) is 2.54. The van der Waals surface area contributed by atoms with E-state index in [1.807, 2.05) is 6.07 Å². The Morgan fingerprint density at radius 1 is 1.47 bits per heavy atom. The van der Waals surface area contributed by atoms with Gasteiger partial charge in [0.15, 0.2) is 0 Å². The van der Waals surface area contributed by atoms with Gasteiger partial charge in [0.05, 0.1) is 11.6 Å². The maximum absolute atomic E-state index is 11.8. The molecule has 1 unspecified atom stereocenters. The predicted molar refractivity (Wildman–Crippen MR) is 67.3 cm³/mol. The average molecular weight is 269 g/mol. The normalized spacial score (nSPS) is 19.5. The first-order valence-electron chi connectivity index (χ1n) is 5.21.